The fourth-order valence-corrected chi connectivity index (χ4v) is 4.51. The third-order valence-electron chi connectivity index (χ3n) is 5.24. The van der Waals surface area contributed by atoms with Gasteiger partial charge in [-0.1, -0.05) is 42.5 Å². The molecule has 0 saturated heterocycles. The maximum Gasteiger partial charge on any atom is 0.432 e. The molecule has 1 aromatic carbocycles. The summed E-state index contributed by atoms with van der Waals surface area (Å²) in [6.45, 7) is -0.0429. The summed E-state index contributed by atoms with van der Waals surface area (Å²) >= 11 is 0. The summed E-state index contributed by atoms with van der Waals surface area (Å²) in [5.41, 5.74) is 13.7. The molecule has 2 aromatic heterocycles. The lowest BCUT2D eigenvalue weighted by Crippen LogP contribution is -2.40. The molecule has 0 saturated carbocycles. The van der Waals surface area contributed by atoms with Crippen molar-refractivity contribution in [2.75, 3.05) is 12.3 Å². The average molecular weight is 457 g/mol. The second kappa shape index (κ2) is 9.17. The van der Waals surface area contributed by atoms with Crippen molar-refractivity contribution in [3.63, 3.8) is 0 Å². The Kier molecular flexibility index (Phi) is 6.33. The highest BCUT2D eigenvalue weighted by molar-refractivity contribution is 7.51. The number of amides is 1. The Labute approximate surface area is 184 Å². The number of benzene rings is 1. The van der Waals surface area contributed by atoms with Gasteiger partial charge in [-0.25, -0.2) is 19.5 Å². The molecule has 6 N–H and O–H groups in total. The van der Waals surface area contributed by atoms with Crippen LogP contribution in [0.15, 0.2) is 55.1 Å². The monoisotopic (exact) mass is 457 g/mol. The van der Waals surface area contributed by atoms with E-state index in [9.17, 15) is 14.3 Å². The molecule has 3 unspecified atom stereocenters. The van der Waals surface area contributed by atoms with Gasteiger partial charge in [0.05, 0.1) is 25.0 Å². The van der Waals surface area contributed by atoms with Gasteiger partial charge in [0.1, 0.15) is 11.8 Å². The van der Waals surface area contributed by atoms with E-state index in [2.05, 4.69) is 15.0 Å². The molecule has 11 nitrogen and oxygen atoms in total. The molecule has 0 spiro atoms. The number of hydrogen-bond acceptors (Lipinski definition) is 8. The Morgan fingerprint density at radius 2 is 2.06 bits per heavy atom. The molecule has 3 aromatic rings. The lowest BCUT2D eigenvalue weighted by molar-refractivity contribution is -0.121. The molecule has 1 aliphatic rings. The van der Waals surface area contributed by atoms with Crippen LogP contribution in [-0.4, -0.2) is 43.0 Å². The summed E-state index contributed by atoms with van der Waals surface area (Å²) < 4.78 is 19.4. The van der Waals surface area contributed by atoms with Crippen molar-refractivity contribution < 1.29 is 18.8 Å². The Hall–Kier alpha value is -3.11. The molecular weight excluding hydrogens is 433 g/mol. The van der Waals surface area contributed by atoms with Crippen molar-refractivity contribution in [1.29, 1.82) is 0 Å². The smallest absolute Gasteiger partial charge is 0.382 e. The van der Waals surface area contributed by atoms with Crippen molar-refractivity contribution in [3.8, 4) is 0 Å². The Balaban J connectivity index is 1.29. The third-order valence-corrected chi connectivity index (χ3v) is 6.25. The summed E-state index contributed by atoms with van der Waals surface area (Å²) in [7, 11) is -4.35. The molecule has 4 atom stereocenters. The number of nitrogens with zero attached hydrogens (tertiary/aromatic N) is 4. The lowest BCUT2D eigenvalue weighted by Gasteiger charge is -2.19. The van der Waals surface area contributed by atoms with Crippen molar-refractivity contribution in [1.82, 2.24) is 24.6 Å². The molecule has 168 valence electrons. The zero-order chi connectivity index (χ0) is 22.7. The molecule has 12 heteroatoms. The van der Waals surface area contributed by atoms with Gasteiger partial charge in [0.2, 0.25) is 5.91 Å². The van der Waals surface area contributed by atoms with Gasteiger partial charge >= 0.3 is 7.75 Å². The summed E-state index contributed by atoms with van der Waals surface area (Å²) in [6, 6.07) is 8.14. The number of carbonyl (C=O) groups is 1. The first-order valence-electron chi connectivity index (χ1n) is 10.0. The van der Waals surface area contributed by atoms with Crippen LogP contribution >= 0.6 is 7.75 Å². The molecule has 0 fully saturated rings. The predicted octanol–water partition coefficient (Wildman–Crippen LogP) is 1.33. The van der Waals surface area contributed by atoms with E-state index in [1.807, 2.05) is 52.1 Å². The summed E-state index contributed by atoms with van der Waals surface area (Å²) in [5.74, 6) is -0.577. The fraction of sp³-hybridized carbons (Fsp3) is 0.300. The number of nitrogens with two attached hydrogens (primary N) is 2. The second-order valence-electron chi connectivity index (χ2n) is 7.62. The van der Waals surface area contributed by atoms with E-state index < -0.39 is 19.7 Å². The number of fused-ring (bicyclic) bond motifs is 1. The molecule has 32 heavy (non-hydrogen) atoms. The van der Waals surface area contributed by atoms with Crippen molar-refractivity contribution in [3.05, 3.63) is 60.7 Å². The maximum absolute atomic E-state index is 12.3. The van der Waals surface area contributed by atoms with Crippen molar-refractivity contribution >= 4 is 30.6 Å². The number of nitrogen functional groups attached to an aromatic ring is 1. The van der Waals surface area contributed by atoms with Gasteiger partial charge in [-0.3, -0.25) is 14.4 Å². The first kappa shape index (κ1) is 22.1. The minimum atomic E-state index is -4.35. The fourth-order valence-electron chi connectivity index (χ4n) is 3.61. The van der Waals surface area contributed by atoms with Gasteiger partial charge in [0.15, 0.2) is 11.5 Å². The Morgan fingerprint density at radius 1 is 1.28 bits per heavy atom. The van der Waals surface area contributed by atoms with Gasteiger partial charge in [-0.15, -0.1) is 0 Å². The minimum Gasteiger partial charge on any atom is -0.382 e. The zero-order valence-electron chi connectivity index (χ0n) is 17.1. The SMILES string of the molecule is Nc1ncnc2c1ncn2C1C=CC(COP(=O)(O)NC(=O)[C@@H](N)Cc2ccccc2)C1. The highest BCUT2D eigenvalue weighted by Gasteiger charge is 2.29. The molecule has 0 bridgehead atoms. The van der Waals surface area contributed by atoms with Gasteiger partial charge in [-0.05, 0) is 18.4 Å². The lowest BCUT2D eigenvalue weighted by atomic mass is 10.1. The van der Waals surface area contributed by atoms with Crippen LogP contribution in [0.2, 0.25) is 0 Å². The van der Waals surface area contributed by atoms with Crippen LogP contribution in [0.1, 0.15) is 18.0 Å². The standard InChI is InChI=1S/C20H24N7O4P/c21-16(9-13-4-2-1-3-5-13)20(28)26-32(29,30)31-10-14-6-7-15(8-14)27-12-25-17-18(22)23-11-24-19(17)27/h1-7,11-12,14-16H,8-10,21H2,(H2,22,23,24)(H2,26,28,29,30)/t14?,15?,16-/m0/s1. The van der Waals surface area contributed by atoms with Crippen LogP contribution in [-0.2, 0) is 20.3 Å². The number of aromatic nitrogens is 4. The van der Waals surface area contributed by atoms with Gasteiger partial charge in [0.25, 0.3) is 0 Å². The summed E-state index contributed by atoms with van der Waals surface area (Å²) in [4.78, 5) is 34.7. The normalized spacial score (nSPS) is 20.8. The van der Waals surface area contributed by atoms with E-state index >= 15 is 0 Å². The highest BCUT2D eigenvalue weighted by atomic mass is 31.2. The van der Waals surface area contributed by atoms with E-state index in [1.54, 1.807) is 6.33 Å². The molecule has 1 aliphatic carbocycles. The first-order chi connectivity index (χ1) is 15.3. The van der Waals surface area contributed by atoms with Crippen LogP contribution in [0.4, 0.5) is 5.82 Å². The molecule has 0 radical (unpaired) electrons. The zero-order valence-corrected chi connectivity index (χ0v) is 18.0. The maximum atomic E-state index is 12.3. The number of hydrogen-bond donors (Lipinski definition) is 4. The number of nitrogens with one attached hydrogen (secondary N) is 1. The average Bonchev–Trinajstić information content (AvgIpc) is 3.40. The van der Waals surface area contributed by atoms with E-state index in [0.29, 0.717) is 23.4 Å². The van der Waals surface area contributed by atoms with Gasteiger partial charge in [0, 0.05) is 5.92 Å². The summed E-state index contributed by atoms with van der Waals surface area (Å²) in [5, 5.41) is 2.02. The molecule has 1 amide bonds. The minimum absolute atomic E-state index is 0.0429. The third kappa shape index (κ3) is 5.03. The molecule has 4 rings (SSSR count). The van der Waals surface area contributed by atoms with E-state index in [4.69, 9.17) is 16.0 Å². The van der Waals surface area contributed by atoms with E-state index in [-0.39, 0.29) is 25.0 Å². The van der Waals surface area contributed by atoms with Crippen LogP contribution in [0.5, 0.6) is 0 Å². The van der Waals surface area contributed by atoms with E-state index in [0.717, 1.165) is 5.56 Å². The quantitative estimate of drug-likeness (QED) is 0.288. The largest absolute Gasteiger partial charge is 0.432 e. The number of rotatable bonds is 8. The van der Waals surface area contributed by atoms with E-state index in [1.165, 1.54) is 6.33 Å². The van der Waals surface area contributed by atoms with Crippen LogP contribution in [0, 0.1) is 5.92 Å². The number of imidazole rings is 1. The molecule has 2 heterocycles. The molecule has 0 aliphatic heterocycles. The van der Waals surface area contributed by atoms with Gasteiger partial charge < -0.3 is 20.9 Å². The number of carbonyl (C=O) groups excluding carboxylic acids is 1. The van der Waals surface area contributed by atoms with Crippen LogP contribution in [0.3, 0.4) is 0 Å². The highest BCUT2D eigenvalue weighted by Crippen LogP contribution is 2.39. The first-order valence-corrected chi connectivity index (χ1v) is 11.6. The van der Waals surface area contributed by atoms with Crippen LogP contribution in [0.25, 0.3) is 11.2 Å². The Bertz CT molecular complexity index is 1180. The predicted molar refractivity (Wildman–Crippen MR) is 118 cm³/mol. The Morgan fingerprint density at radius 3 is 2.84 bits per heavy atom. The molecular formula is C20H24N7O4P. The topological polar surface area (TPSA) is 171 Å². The number of allylic oxidation sites excluding steroid dienone is 1. The second-order valence-corrected chi connectivity index (χ2v) is 9.14. The van der Waals surface area contributed by atoms with Crippen LogP contribution < -0.4 is 16.6 Å². The number of anilines is 1. The van der Waals surface area contributed by atoms with Gasteiger partial charge in [-0.2, -0.15) is 0 Å². The summed E-state index contributed by atoms with van der Waals surface area (Å²) in [6.07, 6.45) is 7.71. The van der Waals surface area contributed by atoms with Crippen molar-refractivity contribution in [2.24, 2.45) is 11.7 Å². The van der Waals surface area contributed by atoms with Crippen molar-refractivity contribution in [2.45, 2.75) is 24.9 Å².